The molecule has 5 nitrogen and oxygen atoms in total. The van der Waals surface area contributed by atoms with Crippen molar-refractivity contribution in [3.63, 3.8) is 0 Å². The fourth-order valence-corrected chi connectivity index (χ4v) is 1.97. The Kier molecular flexibility index (Phi) is 4.84. The molecule has 2 rings (SSSR count). The van der Waals surface area contributed by atoms with E-state index in [1.807, 2.05) is 18.2 Å². The highest BCUT2D eigenvalue weighted by Crippen LogP contribution is 2.27. The van der Waals surface area contributed by atoms with Gasteiger partial charge in [0.2, 0.25) is 0 Å². The van der Waals surface area contributed by atoms with Gasteiger partial charge in [-0.2, -0.15) is 0 Å². The molecule has 1 aliphatic heterocycles. The van der Waals surface area contributed by atoms with Crippen molar-refractivity contribution in [1.82, 2.24) is 5.32 Å². The van der Waals surface area contributed by atoms with Gasteiger partial charge in [-0.05, 0) is 6.07 Å². The fourth-order valence-electron chi connectivity index (χ4n) is 1.97. The smallest absolute Gasteiger partial charge is 0.347 e. The molecule has 1 aromatic carbocycles. The Morgan fingerprint density at radius 2 is 2.25 bits per heavy atom. The van der Waals surface area contributed by atoms with Crippen LogP contribution in [-0.4, -0.2) is 31.8 Å². The lowest BCUT2D eigenvalue weighted by Gasteiger charge is -2.16. The van der Waals surface area contributed by atoms with Crippen LogP contribution in [0.5, 0.6) is 11.5 Å². The largest absolute Gasteiger partial charge is 0.497 e. The Morgan fingerprint density at radius 3 is 2.85 bits per heavy atom. The molecule has 1 heterocycles. The normalized spacial score (nSPS) is 18.2. The summed E-state index contributed by atoms with van der Waals surface area (Å²) >= 11 is 0. The summed E-state index contributed by atoms with van der Waals surface area (Å²) in [5, 5.41) is 3.34. The van der Waals surface area contributed by atoms with E-state index in [2.05, 4.69) is 19.2 Å². The Labute approximate surface area is 119 Å². The van der Waals surface area contributed by atoms with Crippen molar-refractivity contribution in [1.29, 1.82) is 0 Å². The summed E-state index contributed by atoms with van der Waals surface area (Å²) in [5.41, 5.74) is 0.999. The number of rotatable bonds is 6. The molecule has 0 spiro atoms. The first-order valence-electron chi connectivity index (χ1n) is 6.83. The van der Waals surface area contributed by atoms with Crippen molar-refractivity contribution in [2.45, 2.75) is 39.0 Å². The quantitative estimate of drug-likeness (QED) is 0.806. The van der Waals surface area contributed by atoms with Crippen LogP contribution < -0.4 is 14.8 Å². The molecular weight excluding hydrogens is 258 g/mol. The first-order valence-corrected chi connectivity index (χ1v) is 6.83. The molecule has 1 saturated heterocycles. The van der Waals surface area contributed by atoms with E-state index in [4.69, 9.17) is 14.2 Å². The molecule has 0 aliphatic carbocycles. The number of hydrogen-bond donors (Lipinski definition) is 1. The first-order chi connectivity index (χ1) is 9.60. The van der Waals surface area contributed by atoms with Gasteiger partial charge >= 0.3 is 5.97 Å². The van der Waals surface area contributed by atoms with E-state index in [1.165, 1.54) is 0 Å². The summed E-state index contributed by atoms with van der Waals surface area (Å²) in [6, 6.07) is 6.02. The van der Waals surface area contributed by atoms with Crippen LogP contribution in [0.3, 0.4) is 0 Å². The Hall–Kier alpha value is -1.75. The maximum Gasteiger partial charge on any atom is 0.347 e. The van der Waals surface area contributed by atoms with Crippen molar-refractivity contribution in [3.8, 4) is 11.5 Å². The molecule has 1 unspecified atom stereocenters. The van der Waals surface area contributed by atoms with Gasteiger partial charge in [0.1, 0.15) is 11.5 Å². The Balaban J connectivity index is 2.15. The second-order valence-corrected chi connectivity index (χ2v) is 5.07. The van der Waals surface area contributed by atoms with Gasteiger partial charge in [0.15, 0.2) is 6.10 Å². The monoisotopic (exact) mass is 279 g/mol. The van der Waals surface area contributed by atoms with Crippen LogP contribution in [0.15, 0.2) is 18.2 Å². The van der Waals surface area contributed by atoms with Crippen molar-refractivity contribution >= 4 is 5.97 Å². The zero-order chi connectivity index (χ0) is 14.5. The lowest BCUT2D eigenvalue weighted by molar-refractivity contribution is -0.143. The van der Waals surface area contributed by atoms with Gasteiger partial charge in [-0.1, -0.05) is 19.9 Å². The zero-order valence-electron chi connectivity index (χ0n) is 12.1. The molecule has 0 aromatic heterocycles. The molecule has 5 heteroatoms. The van der Waals surface area contributed by atoms with Crippen LogP contribution in [0.4, 0.5) is 0 Å². The first kappa shape index (κ1) is 14.7. The maximum absolute atomic E-state index is 11.5. The van der Waals surface area contributed by atoms with Crippen LogP contribution in [0, 0.1) is 0 Å². The van der Waals surface area contributed by atoms with E-state index in [1.54, 1.807) is 7.11 Å². The van der Waals surface area contributed by atoms with Gasteiger partial charge in [0.25, 0.3) is 0 Å². The summed E-state index contributed by atoms with van der Waals surface area (Å²) in [7, 11) is 1.61. The Bertz CT molecular complexity index is 473. The number of carbonyl (C=O) groups excluding carboxylic acids is 1. The highest BCUT2D eigenvalue weighted by molar-refractivity contribution is 5.76. The maximum atomic E-state index is 11.5. The van der Waals surface area contributed by atoms with E-state index >= 15 is 0 Å². The van der Waals surface area contributed by atoms with E-state index in [-0.39, 0.29) is 5.97 Å². The molecule has 1 N–H and O–H groups in total. The van der Waals surface area contributed by atoms with Crippen molar-refractivity contribution in [2.75, 3.05) is 13.7 Å². The predicted octanol–water partition coefficient (Wildman–Crippen LogP) is 1.89. The third-order valence-corrected chi connectivity index (χ3v) is 3.13. The minimum Gasteiger partial charge on any atom is -0.497 e. The average molecular weight is 279 g/mol. The highest BCUT2D eigenvalue weighted by atomic mass is 16.6. The minimum absolute atomic E-state index is 0.296. The summed E-state index contributed by atoms with van der Waals surface area (Å²) in [5.74, 6) is 1.08. The van der Waals surface area contributed by atoms with Gasteiger partial charge in [0.05, 0.1) is 13.7 Å². The van der Waals surface area contributed by atoms with Gasteiger partial charge in [-0.3, -0.25) is 0 Å². The van der Waals surface area contributed by atoms with Crippen LogP contribution in [0.1, 0.15) is 25.8 Å². The molecule has 0 bridgehead atoms. The molecule has 0 radical (unpaired) electrons. The molecule has 1 aliphatic rings. The third-order valence-electron chi connectivity index (χ3n) is 3.13. The van der Waals surface area contributed by atoms with Crippen LogP contribution in [0.25, 0.3) is 0 Å². The van der Waals surface area contributed by atoms with Gasteiger partial charge < -0.3 is 19.5 Å². The summed E-state index contributed by atoms with van der Waals surface area (Å²) in [6.45, 7) is 5.27. The molecule has 1 atom stereocenters. The standard InChI is InChI=1S/C15H21NO4/c1-10(2)16-9-11-4-5-12(18-3)8-14(11)20-13-6-7-19-15(13)17/h4-5,8,10,13,16H,6-7,9H2,1-3H3. The lowest BCUT2D eigenvalue weighted by atomic mass is 10.1. The number of esters is 1. The topological polar surface area (TPSA) is 56.8 Å². The summed E-state index contributed by atoms with van der Waals surface area (Å²) < 4.78 is 15.9. The van der Waals surface area contributed by atoms with Gasteiger partial charge in [-0.25, -0.2) is 4.79 Å². The van der Waals surface area contributed by atoms with Gasteiger partial charge in [-0.15, -0.1) is 0 Å². The second kappa shape index (κ2) is 6.61. The van der Waals surface area contributed by atoms with E-state index < -0.39 is 6.10 Å². The number of benzene rings is 1. The predicted molar refractivity (Wildman–Crippen MR) is 75.0 cm³/mol. The minimum atomic E-state index is -0.514. The molecule has 1 fully saturated rings. The molecule has 20 heavy (non-hydrogen) atoms. The zero-order valence-corrected chi connectivity index (χ0v) is 12.1. The highest BCUT2D eigenvalue weighted by Gasteiger charge is 2.29. The van der Waals surface area contributed by atoms with Crippen molar-refractivity contribution in [3.05, 3.63) is 23.8 Å². The molecular formula is C15H21NO4. The van der Waals surface area contributed by atoms with Crippen LogP contribution >= 0.6 is 0 Å². The number of methoxy groups -OCH3 is 1. The summed E-state index contributed by atoms with van der Waals surface area (Å²) in [6.07, 6.45) is 0.0764. The average Bonchev–Trinajstić information content (AvgIpc) is 2.82. The van der Waals surface area contributed by atoms with E-state index in [0.29, 0.717) is 37.1 Å². The van der Waals surface area contributed by atoms with Crippen LogP contribution in [0.2, 0.25) is 0 Å². The summed E-state index contributed by atoms with van der Waals surface area (Å²) in [4.78, 5) is 11.5. The van der Waals surface area contributed by atoms with Crippen LogP contribution in [-0.2, 0) is 16.1 Å². The van der Waals surface area contributed by atoms with E-state index in [0.717, 1.165) is 5.56 Å². The number of hydrogen-bond acceptors (Lipinski definition) is 5. The number of cyclic esters (lactones) is 1. The van der Waals surface area contributed by atoms with Crippen molar-refractivity contribution in [2.24, 2.45) is 0 Å². The SMILES string of the molecule is COc1ccc(CNC(C)C)c(OC2CCOC2=O)c1. The number of ether oxygens (including phenoxy) is 3. The van der Waals surface area contributed by atoms with Crippen molar-refractivity contribution < 1.29 is 19.0 Å². The lowest BCUT2D eigenvalue weighted by Crippen LogP contribution is -2.25. The molecule has 110 valence electrons. The fraction of sp³-hybridized carbons (Fsp3) is 0.533. The molecule has 0 amide bonds. The van der Waals surface area contributed by atoms with Gasteiger partial charge in [0, 0.05) is 30.6 Å². The number of carbonyl (C=O) groups is 1. The number of nitrogens with one attached hydrogen (secondary N) is 1. The Morgan fingerprint density at radius 1 is 1.45 bits per heavy atom. The van der Waals surface area contributed by atoms with E-state index in [9.17, 15) is 4.79 Å². The second-order valence-electron chi connectivity index (χ2n) is 5.07. The molecule has 0 saturated carbocycles. The third kappa shape index (κ3) is 3.63. The molecule has 1 aromatic rings.